The first-order chi connectivity index (χ1) is 8.84. The minimum absolute atomic E-state index is 0.400. The first-order valence-corrected chi connectivity index (χ1v) is 6.59. The van der Waals surface area contributed by atoms with Crippen LogP contribution in [-0.4, -0.2) is 42.9 Å². The summed E-state index contributed by atoms with van der Waals surface area (Å²) < 4.78 is 10.9. The van der Waals surface area contributed by atoms with Gasteiger partial charge in [0.05, 0.1) is 25.6 Å². The molecular weight excluding hydrogens is 254 g/mol. The summed E-state index contributed by atoms with van der Waals surface area (Å²) in [6.45, 7) is 4.07. The van der Waals surface area contributed by atoms with Crippen molar-refractivity contribution >= 4 is 17.4 Å². The number of halogens is 1. The molecule has 1 aromatic rings. The number of hydrogen-bond donors (Lipinski definition) is 1. The third-order valence-corrected chi connectivity index (χ3v) is 2.94. The molecule has 6 heteroatoms. The zero-order valence-corrected chi connectivity index (χ0v) is 11.0. The Morgan fingerprint density at radius 2 is 2.44 bits per heavy atom. The van der Waals surface area contributed by atoms with E-state index in [4.69, 9.17) is 21.1 Å². The first kappa shape index (κ1) is 13.5. The molecule has 1 unspecified atom stereocenters. The van der Waals surface area contributed by atoms with Gasteiger partial charge in [0.2, 0.25) is 0 Å². The normalized spacial score (nSPS) is 19.1. The van der Waals surface area contributed by atoms with Crippen molar-refractivity contribution in [3.8, 4) is 0 Å². The fourth-order valence-electron chi connectivity index (χ4n) is 1.78. The van der Waals surface area contributed by atoms with E-state index in [1.165, 1.54) is 6.20 Å². The van der Waals surface area contributed by atoms with Crippen molar-refractivity contribution in [2.45, 2.75) is 12.8 Å². The number of nitrogens with one attached hydrogen (secondary N) is 1. The zero-order valence-electron chi connectivity index (χ0n) is 10.3. The fourth-order valence-corrected chi connectivity index (χ4v) is 1.93. The van der Waals surface area contributed by atoms with E-state index >= 15 is 0 Å². The minimum Gasteiger partial charge on any atom is -0.381 e. The lowest BCUT2D eigenvalue weighted by Crippen LogP contribution is -2.12. The molecule has 1 N–H and O–H groups in total. The van der Waals surface area contributed by atoms with Crippen LogP contribution in [0.3, 0.4) is 0 Å². The van der Waals surface area contributed by atoms with Gasteiger partial charge in [0.25, 0.3) is 0 Å². The molecule has 1 fully saturated rings. The molecule has 5 nitrogen and oxygen atoms in total. The SMILES string of the molecule is Clc1cncc(NCCCOCC2CCOC2)n1. The van der Waals surface area contributed by atoms with Gasteiger partial charge in [-0.1, -0.05) is 11.6 Å². The molecule has 0 spiro atoms. The van der Waals surface area contributed by atoms with Gasteiger partial charge in [0, 0.05) is 25.7 Å². The van der Waals surface area contributed by atoms with E-state index in [0.29, 0.717) is 16.9 Å². The van der Waals surface area contributed by atoms with Crippen LogP contribution in [0.5, 0.6) is 0 Å². The van der Waals surface area contributed by atoms with Crippen LogP contribution in [0.25, 0.3) is 0 Å². The second-order valence-corrected chi connectivity index (χ2v) is 4.70. The van der Waals surface area contributed by atoms with E-state index in [-0.39, 0.29) is 0 Å². The highest BCUT2D eigenvalue weighted by Crippen LogP contribution is 2.12. The smallest absolute Gasteiger partial charge is 0.149 e. The van der Waals surface area contributed by atoms with E-state index in [9.17, 15) is 0 Å². The molecular formula is C12H18ClN3O2. The van der Waals surface area contributed by atoms with E-state index in [0.717, 1.165) is 45.8 Å². The predicted octanol–water partition coefficient (Wildman–Crippen LogP) is 1.99. The Labute approximate surface area is 112 Å². The monoisotopic (exact) mass is 271 g/mol. The average Bonchev–Trinajstić information content (AvgIpc) is 2.87. The quantitative estimate of drug-likeness (QED) is 0.769. The molecule has 100 valence electrons. The topological polar surface area (TPSA) is 56.3 Å². The van der Waals surface area contributed by atoms with Gasteiger partial charge in [-0.2, -0.15) is 0 Å². The Bertz CT molecular complexity index is 359. The molecule has 1 aromatic heterocycles. The zero-order chi connectivity index (χ0) is 12.6. The Hall–Kier alpha value is -0.910. The molecule has 18 heavy (non-hydrogen) atoms. The Kier molecular flexibility index (Phi) is 5.64. The molecule has 0 aliphatic carbocycles. The highest BCUT2D eigenvalue weighted by molar-refractivity contribution is 6.29. The molecule has 1 atom stereocenters. The number of rotatable bonds is 7. The van der Waals surface area contributed by atoms with Gasteiger partial charge in [0.1, 0.15) is 11.0 Å². The summed E-state index contributed by atoms with van der Waals surface area (Å²) in [6.07, 6.45) is 5.22. The maximum absolute atomic E-state index is 5.73. The van der Waals surface area contributed by atoms with Crippen LogP contribution in [0.2, 0.25) is 5.15 Å². The first-order valence-electron chi connectivity index (χ1n) is 6.21. The third kappa shape index (κ3) is 4.76. The highest BCUT2D eigenvalue weighted by Gasteiger charge is 2.14. The predicted molar refractivity (Wildman–Crippen MR) is 69.9 cm³/mol. The van der Waals surface area contributed by atoms with Crippen LogP contribution >= 0.6 is 11.6 Å². The van der Waals surface area contributed by atoms with Gasteiger partial charge in [-0.05, 0) is 12.8 Å². The number of anilines is 1. The minimum atomic E-state index is 0.400. The molecule has 0 aromatic carbocycles. The highest BCUT2D eigenvalue weighted by atomic mass is 35.5. The maximum atomic E-state index is 5.73. The second kappa shape index (κ2) is 7.51. The van der Waals surface area contributed by atoms with Crippen molar-refractivity contribution in [2.24, 2.45) is 5.92 Å². The summed E-state index contributed by atoms with van der Waals surface area (Å²) >= 11 is 5.73. The molecule has 1 saturated heterocycles. The van der Waals surface area contributed by atoms with Crippen molar-refractivity contribution in [3.05, 3.63) is 17.5 Å². The molecule has 0 amide bonds. The van der Waals surface area contributed by atoms with Crippen LogP contribution in [-0.2, 0) is 9.47 Å². The van der Waals surface area contributed by atoms with Crippen molar-refractivity contribution in [1.82, 2.24) is 9.97 Å². The average molecular weight is 272 g/mol. The molecule has 1 aliphatic rings. The van der Waals surface area contributed by atoms with E-state index in [1.807, 2.05) is 0 Å². The molecule has 2 heterocycles. The van der Waals surface area contributed by atoms with Gasteiger partial charge >= 0.3 is 0 Å². The Morgan fingerprint density at radius 3 is 3.22 bits per heavy atom. The van der Waals surface area contributed by atoms with Crippen molar-refractivity contribution in [1.29, 1.82) is 0 Å². The van der Waals surface area contributed by atoms with Crippen LogP contribution in [0.1, 0.15) is 12.8 Å². The van der Waals surface area contributed by atoms with Crippen LogP contribution in [0.15, 0.2) is 12.4 Å². The van der Waals surface area contributed by atoms with E-state index in [1.54, 1.807) is 6.20 Å². The standard InChI is InChI=1S/C12H18ClN3O2/c13-11-6-14-7-12(16-11)15-3-1-4-17-8-10-2-5-18-9-10/h6-7,10H,1-5,8-9H2,(H,15,16). The number of ether oxygens (including phenoxy) is 2. The molecule has 0 bridgehead atoms. The summed E-state index contributed by atoms with van der Waals surface area (Å²) in [4.78, 5) is 8.04. The lowest BCUT2D eigenvalue weighted by Gasteiger charge is -2.09. The van der Waals surface area contributed by atoms with Crippen molar-refractivity contribution in [3.63, 3.8) is 0 Å². The molecule has 0 radical (unpaired) electrons. The Morgan fingerprint density at radius 1 is 1.50 bits per heavy atom. The van der Waals surface area contributed by atoms with Gasteiger partial charge in [-0.3, -0.25) is 4.98 Å². The van der Waals surface area contributed by atoms with Crippen LogP contribution in [0.4, 0.5) is 5.82 Å². The van der Waals surface area contributed by atoms with E-state index < -0.39 is 0 Å². The summed E-state index contributed by atoms with van der Waals surface area (Å²) in [5, 5.41) is 3.55. The van der Waals surface area contributed by atoms with Crippen LogP contribution in [0, 0.1) is 5.92 Å². The summed E-state index contributed by atoms with van der Waals surface area (Å²) in [5.74, 6) is 1.28. The van der Waals surface area contributed by atoms with E-state index in [2.05, 4.69) is 15.3 Å². The summed E-state index contributed by atoms with van der Waals surface area (Å²) in [6, 6.07) is 0. The Balaban J connectivity index is 1.50. The molecule has 2 rings (SSSR count). The van der Waals surface area contributed by atoms with Gasteiger partial charge in [0.15, 0.2) is 0 Å². The molecule has 0 saturated carbocycles. The fraction of sp³-hybridized carbons (Fsp3) is 0.667. The van der Waals surface area contributed by atoms with Gasteiger partial charge < -0.3 is 14.8 Å². The number of hydrogen-bond acceptors (Lipinski definition) is 5. The lowest BCUT2D eigenvalue weighted by atomic mass is 10.1. The molecule has 1 aliphatic heterocycles. The summed E-state index contributed by atoms with van der Waals surface area (Å²) in [5.41, 5.74) is 0. The lowest BCUT2D eigenvalue weighted by molar-refractivity contribution is 0.0897. The van der Waals surface area contributed by atoms with Gasteiger partial charge in [-0.15, -0.1) is 0 Å². The maximum Gasteiger partial charge on any atom is 0.149 e. The van der Waals surface area contributed by atoms with Crippen molar-refractivity contribution < 1.29 is 9.47 Å². The van der Waals surface area contributed by atoms with Crippen LogP contribution < -0.4 is 5.32 Å². The third-order valence-electron chi connectivity index (χ3n) is 2.75. The number of nitrogens with zero attached hydrogens (tertiary/aromatic N) is 2. The second-order valence-electron chi connectivity index (χ2n) is 4.31. The number of aromatic nitrogens is 2. The summed E-state index contributed by atoms with van der Waals surface area (Å²) in [7, 11) is 0. The largest absolute Gasteiger partial charge is 0.381 e. The van der Waals surface area contributed by atoms with Gasteiger partial charge in [-0.25, -0.2) is 4.98 Å². The van der Waals surface area contributed by atoms with Crippen molar-refractivity contribution in [2.75, 3.05) is 38.3 Å².